The van der Waals surface area contributed by atoms with Gasteiger partial charge < -0.3 is 10.2 Å². The Morgan fingerprint density at radius 1 is 1.00 bits per heavy atom. The number of hydrogen-bond donors (Lipinski definition) is 2. The van der Waals surface area contributed by atoms with Crippen molar-refractivity contribution in [1.29, 1.82) is 0 Å². The number of carboxylic acid groups (broad SMARTS) is 1. The maximum Gasteiger partial charge on any atom is 0.336 e. The van der Waals surface area contributed by atoms with Crippen molar-refractivity contribution in [1.82, 2.24) is 4.98 Å². The van der Waals surface area contributed by atoms with Crippen LogP contribution in [0.1, 0.15) is 21.6 Å². The predicted octanol–water partition coefficient (Wildman–Crippen LogP) is 3.81. The summed E-state index contributed by atoms with van der Waals surface area (Å²) in [6.07, 6.45) is 3.51. The number of hydrogen-bond acceptors (Lipinski definition) is 3. The highest BCUT2D eigenvalue weighted by atomic mass is 16.4. The van der Waals surface area contributed by atoms with E-state index in [9.17, 15) is 15.0 Å². The van der Waals surface area contributed by atoms with Gasteiger partial charge in [-0.1, -0.05) is 36.4 Å². The number of carbonyl (C=O) groups is 1. The third kappa shape index (κ3) is 2.81. The summed E-state index contributed by atoms with van der Waals surface area (Å²) >= 11 is 0. The van der Waals surface area contributed by atoms with Gasteiger partial charge in [-0.15, -0.1) is 0 Å². The number of aromatic hydroxyl groups is 1. The summed E-state index contributed by atoms with van der Waals surface area (Å²) in [5, 5.41) is 19.4. The smallest absolute Gasteiger partial charge is 0.336 e. The van der Waals surface area contributed by atoms with Crippen molar-refractivity contribution in [3.8, 4) is 5.75 Å². The van der Waals surface area contributed by atoms with E-state index < -0.39 is 5.97 Å². The van der Waals surface area contributed by atoms with Crippen LogP contribution < -0.4 is 0 Å². The van der Waals surface area contributed by atoms with Crippen molar-refractivity contribution in [3.63, 3.8) is 0 Å². The lowest BCUT2D eigenvalue weighted by molar-refractivity contribution is 0.0699. The van der Waals surface area contributed by atoms with Gasteiger partial charge in [0.25, 0.3) is 0 Å². The van der Waals surface area contributed by atoms with E-state index in [2.05, 4.69) is 4.98 Å². The summed E-state index contributed by atoms with van der Waals surface area (Å²) < 4.78 is 0. The molecule has 0 atom stereocenters. The molecule has 0 radical (unpaired) electrons. The average molecular weight is 291 g/mol. The number of phenols is 1. The van der Waals surface area contributed by atoms with E-state index in [4.69, 9.17) is 0 Å². The number of phenolic OH excluding ortho intramolecular Hbond substituents is 1. The van der Waals surface area contributed by atoms with E-state index in [1.54, 1.807) is 54.6 Å². The highest BCUT2D eigenvalue weighted by Crippen LogP contribution is 2.20. The van der Waals surface area contributed by atoms with Gasteiger partial charge in [-0.3, -0.25) is 0 Å². The van der Waals surface area contributed by atoms with E-state index in [-0.39, 0.29) is 11.3 Å². The Labute approximate surface area is 127 Å². The van der Waals surface area contributed by atoms with Crippen LogP contribution in [0.3, 0.4) is 0 Å². The van der Waals surface area contributed by atoms with Gasteiger partial charge in [0.2, 0.25) is 0 Å². The molecule has 0 amide bonds. The third-order valence-electron chi connectivity index (χ3n) is 3.28. The molecule has 3 aromatic rings. The van der Waals surface area contributed by atoms with Gasteiger partial charge in [0.15, 0.2) is 0 Å². The second-order valence-electron chi connectivity index (χ2n) is 4.85. The molecule has 4 heteroatoms. The standard InChI is InChI=1S/C18H13NO3/c20-14-5-3-4-12(10-14)8-9-13-11-16(18(21)22)15-6-1-2-7-17(15)19-13/h1-11,20H,(H,21,22). The van der Waals surface area contributed by atoms with Gasteiger partial charge >= 0.3 is 5.97 Å². The zero-order valence-electron chi connectivity index (χ0n) is 11.6. The lowest BCUT2D eigenvalue weighted by Crippen LogP contribution is -2.00. The second-order valence-corrected chi connectivity index (χ2v) is 4.85. The van der Waals surface area contributed by atoms with Gasteiger partial charge in [0, 0.05) is 5.39 Å². The topological polar surface area (TPSA) is 70.4 Å². The summed E-state index contributed by atoms with van der Waals surface area (Å²) in [6.45, 7) is 0. The molecule has 0 aliphatic carbocycles. The Morgan fingerprint density at radius 3 is 2.59 bits per heavy atom. The van der Waals surface area contributed by atoms with Gasteiger partial charge in [0.05, 0.1) is 16.8 Å². The molecule has 0 unspecified atom stereocenters. The average Bonchev–Trinajstić information content (AvgIpc) is 2.52. The largest absolute Gasteiger partial charge is 0.508 e. The minimum absolute atomic E-state index is 0.180. The minimum Gasteiger partial charge on any atom is -0.508 e. The van der Waals surface area contributed by atoms with Gasteiger partial charge in [-0.2, -0.15) is 0 Å². The molecule has 2 N–H and O–H groups in total. The second kappa shape index (κ2) is 5.69. The summed E-state index contributed by atoms with van der Waals surface area (Å²) in [7, 11) is 0. The number of benzene rings is 2. The molecule has 0 saturated heterocycles. The molecule has 0 spiro atoms. The lowest BCUT2D eigenvalue weighted by Gasteiger charge is -2.04. The van der Waals surface area contributed by atoms with Crippen molar-refractivity contribution in [2.75, 3.05) is 0 Å². The van der Waals surface area contributed by atoms with Crippen molar-refractivity contribution >= 4 is 29.0 Å². The molecule has 0 aliphatic heterocycles. The van der Waals surface area contributed by atoms with Crippen LogP contribution in [0.25, 0.3) is 23.1 Å². The van der Waals surface area contributed by atoms with Crippen molar-refractivity contribution in [2.24, 2.45) is 0 Å². The van der Waals surface area contributed by atoms with Gasteiger partial charge in [-0.25, -0.2) is 9.78 Å². The van der Waals surface area contributed by atoms with Crippen molar-refractivity contribution < 1.29 is 15.0 Å². The van der Waals surface area contributed by atoms with E-state index >= 15 is 0 Å². The number of pyridine rings is 1. The van der Waals surface area contributed by atoms with Crippen LogP contribution in [0.4, 0.5) is 0 Å². The third-order valence-corrected chi connectivity index (χ3v) is 3.28. The first kappa shape index (κ1) is 13.8. The van der Waals surface area contributed by atoms with Crippen LogP contribution in [0.5, 0.6) is 5.75 Å². The molecule has 4 nitrogen and oxygen atoms in total. The van der Waals surface area contributed by atoms with E-state index in [1.165, 1.54) is 0 Å². The number of rotatable bonds is 3. The highest BCUT2D eigenvalue weighted by molar-refractivity contribution is 6.03. The first-order chi connectivity index (χ1) is 10.6. The fourth-order valence-corrected chi connectivity index (χ4v) is 2.27. The van der Waals surface area contributed by atoms with Crippen molar-refractivity contribution in [2.45, 2.75) is 0 Å². The van der Waals surface area contributed by atoms with Crippen LogP contribution in [0.2, 0.25) is 0 Å². The number of aromatic carboxylic acids is 1. The molecule has 22 heavy (non-hydrogen) atoms. The minimum atomic E-state index is -0.981. The fraction of sp³-hybridized carbons (Fsp3) is 0. The summed E-state index contributed by atoms with van der Waals surface area (Å²) in [6, 6.07) is 15.5. The molecule has 1 heterocycles. The Balaban J connectivity index is 2.06. The van der Waals surface area contributed by atoms with Crippen molar-refractivity contribution in [3.05, 3.63) is 71.4 Å². The van der Waals surface area contributed by atoms with E-state index in [1.807, 2.05) is 12.1 Å². The molecule has 2 aromatic carbocycles. The molecular formula is C18H13NO3. The Hall–Kier alpha value is -3.14. The first-order valence-electron chi connectivity index (χ1n) is 6.74. The molecule has 108 valence electrons. The maximum atomic E-state index is 11.4. The Bertz CT molecular complexity index is 884. The van der Waals surface area contributed by atoms with Crippen LogP contribution in [0.15, 0.2) is 54.6 Å². The van der Waals surface area contributed by atoms with E-state index in [0.29, 0.717) is 16.6 Å². The quantitative estimate of drug-likeness (QED) is 0.769. The molecule has 3 rings (SSSR count). The maximum absolute atomic E-state index is 11.4. The molecule has 0 aliphatic rings. The zero-order valence-corrected chi connectivity index (χ0v) is 11.6. The number of nitrogens with zero attached hydrogens (tertiary/aromatic N) is 1. The van der Waals surface area contributed by atoms with Gasteiger partial charge in [-0.05, 0) is 35.9 Å². The normalized spacial score (nSPS) is 11.1. The highest BCUT2D eigenvalue weighted by Gasteiger charge is 2.10. The van der Waals surface area contributed by atoms with E-state index in [0.717, 1.165) is 5.56 Å². The summed E-state index contributed by atoms with van der Waals surface area (Å²) in [4.78, 5) is 15.8. The molecule has 0 bridgehead atoms. The zero-order chi connectivity index (χ0) is 15.5. The molecular weight excluding hydrogens is 278 g/mol. The number of carboxylic acids is 1. The molecule has 0 fully saturated rings. The van der Waals surface area contributed by atoms with Crippen LogP contribution >= 0.6 is 0 Å². The molecule has 0 saturated carbocycles. The SMILES string of the molecule is O=C(O)c1cc(C=Cc2cccc(O)c2)nc2ccccc12. The lowest BCUT2D eigenvalue weighted by atomic mass is 10.1. The summed E-state index contributed by atoms with van der Waals surface area (Å²) in [5.41, 5.74) is 2.23. The molecule has 1 aromatic heterocycles. The Kier molecular flexibility index (Phi) is 3.58. The summed E-state index contributed by atoms with van der Waals surface area (Å²) in [5.74, 6) is -0.801. The number of fused-ring (bicyclic) bond motifs is 1. The number of aromatic nitrogens is 1. The predicted molar refractivity (Wildman–Crippen MR) is 85.7 cm³/mol. The van der Waals surface area contributed by atoms with Crippen LogP contribution in [-0.4, -0.2) is 21.2 Å². The first-order valence-corrected chi connectivity index (χ1v) is 6.74. The monoisotopic (exact) mass is 291 g/mol. The van der Waals surface area contributed by atoms with Gasteiger partial charge in [0.1, 0.15) is 5.75 Å². The Morgan fingerprint density at radius 2 is 1.82 bits per heavy atom. The van der Waals surface area contributed by atoms with Crippen LogP contribution in [-0.2, 0) is 0 Å². The number of para-hydroxylation sites is 1. The van der Waals surface area contributed by atoms with Crippen LogP contribution in [0, 0.1) is 0 Å². The fourth-order valence-electron chi connectivity index (χ4n) is 2.27.